The van der Waals surface area contributed by atoms with Gasteiger partial charge in [-0.05, 0) is 30.7 Å². The first-order chi connectivity index (χ1) is 12.9. The second-order valence-corrected chi connectivity index (χ2v) is 6.82. The van der Waals surface area contributed by atoms with Crippen LogP contribution in [0, 0.1) is 12.7 Å². The van der Waals surface area contributed by atoms with E-state index in [1.807, 2.05) is 0 Å². The van der Waals surface area contributed by atoms with E-state index in [1.165, 1.54) is 29.2 Å². The topological polar surface area (TPSA) is 70.8 Å². The molecular formula is C20H15ClFNO4. The van der Waals surface area contributed by atoms with Gasteiger partial charge in [0.15, 0.2) is 5.43 Å². The number of β-amino-alcohol motifs (C(OH)–C–C–N with tert-alkyl or cyclic N) is 1. The maximum atomic E-state index is 14.5. The zero-order valence-corrected chi connectivity index (χ0v) is 15.1. The van der Waals surface area contributed by atoms with Crippen LogP contribution >= 0.6 is 11.6 Å². The maximum Gasteiger partial charge on any atom is 0.290 e. The molecule has 0 aliphatic carbocycles. The van der Waals surface area contributed by atoms with Crippen molar-refractivity contribution in [2.24, 2.45) is 0 Å². The molecule has 0 unspecified atom stereocenters. The Bertz CT molecular complexity index is 1140. The van der Waals surface area contributed by atoms with Crippen molar-refractivity contribution in [3.63, 3.8) is 0 Å². The summed E-state index contributed by atoms with van der Waals surface area (Å²) in [4.78, 5) is 27.3. The lowest BCUT2D eigenvalue weighted by Gasteiger charge is -2.24. The van der Waals surface area contributed by atoms with E-state index < -0.39 is 23.2 Å². The van der Waals surface area contributed by atoms with Gasteiger partial charge in [-0.25, -0.2) is 4.39 Å². The molecule has 1 aliphatic heterocycles. The van der Waals surface area contributed by atoms with Gasteiger partial charge in [-0.1, -0.05) is 29.8 Å². The number of benzene rings is 2. The molecule has 1 amide bonds. The summed E-state index contributed by atoms with van der Waals surface area (Å²) < 4.78 is 20.2. The molecule has 0 radical (unpaired) electrons. The van der Waals surface area contributed by atoms with Crippen LogP contribution in [0.3, 0.4) is 0 Å². The van der Waals surface area contributed by atoms with Gasteiger partial charge in [0.05, 0.1) is 23.6 Å². The van der Waals surface area contributed by atoms with Gasteiger partial charge in [0.2, 0.25) is 5.76 Å². The van der Waals surface area contributed by atoms with Crippen LogP contribution in [-0.2, 0) is 0 Å². The summed E-state index contributed by atoms with van der Waals surface area (Å²) in [6, 6.07) is 8.05. The lowest BCUT2D eigenvalue weighted by molar-refractivity contribution is 0.0689. The van der Waals surface area contributed by atoms with Crippen molar-refractivity contribution in [2.45, 2.75) is 13.0 Å². The molecule has 0 bridgehead atoms. The Morgan fingerprint density at radius 3 is 2.70 bits per heavy atom. The third-order valence-electron chi connectivity index (χ3n) is 4.79. The van der Waals surface area contributed by atoms with Crippen molar-refractivity contribution in [2.75, 3.05) is 13.2 Å². The highest BCUT2D eigenvalue weighted by molar-refractivity contribution is 6.32. The number of carbonyl (C=O) groups is 1. The van der Waals surface area contributed by atoms with E-state index in [-0.39, 0.29) is 41.0 Å². The lowest BCUT2D eigenvalue weighted by Crippen LogP contribution is -2.32. The van der Waals surface area contributed by atoms with E-state index in [0.29, 0.717) is 10.6 Å². The van der Waals surface area contributed by atoms with Crippen LogP contribution in [0.2, 0.25) is 5.02 Å². The molecule has 7 heteroatoms. The quantitative estimate of drug-likeness (QED) is 0.747. The molecule has 138 valence electrons. The van der Waals surface area contributed by atoms with Crippen molar-refractivity contribution in [1.29, 1.82) is 0 Å². The number of hydrogen-bond acceptors (Lipinski definition) is 4. The summed E-state index contributed by atoms with van der Waals surface area (Å²) in [7, 11) is 0. The van der Waals surface area contributed by atoms with E-state index >= 15 is 0 Å². The predicted molar refractivity (Wildman–Crippen MR) is 98.6 cm³/mol. The number of rotatable bonds is 3. The van der Waals surface area contributed by atoms with Crippen LogP contribution < -0.4 is 5.43 Å². The number of aliphatic hydroxyl groups is 1. The Morgan fingerprint density at radius 1 is 1.26 bits per heavy atom. The standard InChI is InChI=1S/C20H15ClFNO4/c1-10-8-15-12(9-13(10)21)18(25)16-17(11-4-2-3-5-14(11)22)23(6-7-24)20(26)19(16)27-15/h2-5,8-9,17,24H,6-7H2,1H3/t17-/m0/s1. The number of amides is 1. The third kappa shape index (κ3) is 2.64. The molecule has 1 aromatic heterocycles. The fraction of sp³-hybridized carbons (Fsp3) is 0.200. The maximum absolute atomic E-state index is 14.5. The van der Waals surface area contributed by atoms with Gasteiger partial charge in [0.25, 0.3) is 5.91 Å². The van der Waals surface area contributed by atoms with Gasteiger partial charge >= 0.3 is 0 Å². The summed E-state index contributed by atoms with van der Waals surface area (Å²) in [6.45, 7) is 1.37. The molecule has 5 nitrogen and oxygen atoms in total. The summed E-state index contributed by atoms with van der Waals surface area (Å²) in [5.41, 5.74) is 0.742. The second kappa shape index (κ2) is 6.48. The van der Waals surface area contributed by atoms with Crippen molar-refractivity contribution < 1.29 is 18.7 Å². The monoisotopic (exact) mass is 387 g/mol. The second-order valence-electron chi connectivity index (χ2n) is 6.42. The van der Waals surface area contributed by atoms with E-state index in [1.54, 1.807) is 19.1 Å². The molecule has 1 aliphatic rings. The van der Waals surface area contributed by atoms with E-state index in [4.69, 9.17) is 16.0 Å². The fourth-order valence-corrected chi connectivity index (χ4v) is 3.66. The van der Waals surface area contributed by atoms with Crippen molar-refractivity contribution >= 4 is 28.5 Å². The van der Waals surface area contributed by atoms with E-state index in [9.17, 15) is 19.1 Å². The molecule has 3 aromatic rings. The first-order valence-corrected chi connectivity index (χ1v) is 8.75. The summed E-state index contributed by atoms with van der Waals surface area (Å²) in [6.07, 6.45) is 0. The van der Waals surface area contributed by atoms with Gasteiger partial charge in [-0.2, -0.15) is 0 Å². The predicted octanol–water partition coefficient (Wildman–Crippen LogP) is 3.43. The first kappa shape index (κ1) is 17.7. The molecule has 0 saturated carbocycles. The van der Waals surface area contributed by atoms with Crippen LogP contribution in [0.25, 0.3) is 11.0 Å². The molecule has 0 saturated heterocycles. The molecule has 4 rings (SSSR count). The van der Waals surface area contributed by atoms with Crippen molar-refractivity contribution in [3.05, 3.63) is 79.9 Å². The number of aliphatic hydroxyl groups excluding tert-OH is 1. The van der Waals surface area contributed by atoms with Crippen LogP contribution in [0.1, 0.15) is 33.3 Å². The summed E-state index contributed by atoms with van der Waals surface area (Å²) >= 11 is 6.15. The molecule has 1 N–H and O–H groups in total. The van der Waals surface area contributed by atoms with Crippen molar-refractivity contribution in [1.82, 2.24) is 4.90 Å². The number of halogens is 2. The summed E-state index contributed by atoms with van der Waals surface area (Å²) in [5, 5.41) is 10.00. The van der Waals surface area contributed by atoms with Crippen LogP contribution in [0.5, 0.6) is 0 Å². The average molecular weight is 388 g/mol. The Balaban J connectivity index is 2.06. The Morgan fingerprint density at radius 2 is 2.00 bits per heavy atom. The molecule has 2 heterocycles. The van der Waals surface area contributed by atoms with Crippen molar-refractivity contribution in [3.8, 4) is 0 Å². The van der Waals surface area contributed by atoms with Crippen LogP contribution in [-0.4, -0.2) is 29.1 Å². The van der Waals surface area contributed by atoms with Gasteiger partial charge in [0.1, 0.15) is 11.4 Å². The highest BCUT2D eigenvalue weighted by Gasteiger charge is 2.43. The summed E-state index contributed by atoms with van der Waals surface area (Å²) in [5.74, 6) is -1.23. The minimum absolute atomic E-state index is 0.0579. The number of carbonyl (C=O) groups excluding carboxylic acids is 1. The van der Waals surface area contributed by atoms with E-state index in [0.717, 1.165) is 0 Å². The first-order valence-electron chi connectivity index (χ1n) is 8.37. The Labute approximate surface area is 158 Å². The van der Waals surface area contributed by atoms with Crippen LogP contribution in [0.4, 0.5) is 4.39 Å². The molecule has 0 fully saturated rings. The van der Waals surface area contributed by atoms with Gasteiger partial charge in [-0.3, -0.25) is 9.59 Å². The zero-order chi connectivity index (χ0) is 19.3. The molecule has 0 spiro atoms. The normalized spacial score (nSPS) is 16.2. The molecule has 1 atom stereocenters. The van der Waals surface area contributed by atoms with Gasteiger partial charge in [-0.15, -0.1) is 0 Å². The third-order valence-corrected chi connectivity index (χ3v) is 5.19. The Kier molecular flexibility index (Phi) is 4.25. The number of aryl methyl sites for hydroxylation is 1. The minimum Gasteiger partial charge on any atom is -0.450 e. The lowest BCUT2D eigenvalue weighted by atomic mass is 9.98. The zero-order valence-electron chi connectivity index (χ0n) is 14.3. The molecule has 2 aromatic carbocycles. The Hall–Kier alpha value is -2.70. The average Bonchev–Trinajstić information content (AvgIpc) is 2.91. The van der Waals surface area contributed by atoms with Crippen LogP contribution in [0.15, 0.2) is 45.6 Å². The minimum atomic E-state index is -0.971. The highest BCUT2D eigenvalue weighted by Crippen LogP contribution is 2.39. The molecule has 27 heavy (non-hydrogen) atoms. The number of fused-ring (bicyclic) bond motifs is 2. The van der Waals surface area contributed by atoms with E-state index in [2.05, 4.69) is 0 Å². The number of nitrogens with zero attached hydrogens (tertiary/aromatic N) is 1. The van der Waals surface area contributed by atoms with Gasteiger partial charge < -0.3 is 14.4 Å². The SMILES string of the molecule is Cc1cc2oc3c(c(=O)c2cc1Cl)[C@H](c1ccccc1F)N(CCO)C3=O. The highest BCUT2D eigenvalue weighted by atomic mass is 35.5. The number of hydrogen-bond donors (Lipinski definition) is 1. The molecular weight excluding hydrogens is 373 g/mol. The smallest absolute Gasteiger partial charge is 0.290 e. The van der Waals surface area contributed by atoms with Gasteiger partial charge in [0, 0.05) is 17.1 Å². The largest absolute Gasteiger partial charge is 0.450 e. The fourth-order valence-electron chi connectivity index (χ4n) is 3.50.